The molecule has 1 heterocycles. The predicted molar refractivity (Wildman–Crippen MR) is 75.5 cm³/mol. The fourth-order valence-electron chi connectivity index (χ4n) is 2.02. The van der Waals surface area contributed by atoms with Crippen molar-refractivity contribution in [2.45, 2.75) is 0 Å². The molecular formula is C13H8Cl2N2O2. The molecule has 3 rings (SSSR count). The fraction of sp³-hybridized carbons (Fsp3) is 0. The highest BCUT2D eigenvalue weighted by molar-refractivity contribution is 6.30. The van der Waals surface area contributed by atoms with Gasteiger partial charge in [0.15, 0.2) is 0 Å². The van der Waals surface area contributed by atoms with Crippen LogP contribution < -0.4 is 5.69 Å². The summed E-state index contributed by atoms with van der Waals surface area (Å²) >= 11 is 11.9. The van der Waals surface area contributed by atoms with Crippen LogP contribution >= 0.6 is 23.4 Å². The Labute approximate surface area is 118 Å². The van der Waals surface area contributed by atoms with Gasteiger partial charge < -0.3 is 5.11 Å². The summed E-state index contributed by atoms with van der Waals surface area (Å²) in [7, 11) is 0. The van der Waals surface area contributed by atoms with Crippen molar-refractivity contribution in [3.05, 3.63) is 58.0 Å². The summed E-state index contributed by atoms with van der Waals surface area (Å²) in [5.74, 6) is -0.0421. The van der Waals surface area contributed by atoms with Crippen molar-refractivity contribution in [3.8, 4) is 11.4 Å². The third kappa shape index (κ3) is 1.80. The molecule has 0 unspecified atom stereocenters. The first kappa shape index (κ1) is 12.1. The lowest BCUT2D eigenvalue weighted by atomic mass is 10.2. The lowest BCUT2D eigenvalue weighted by Crippen LogP contribution is -2.18. The van der Waals surface area contributed by atoms with E-state index in [1.54, 1.807) is 30.3 Å². The van der Waals surface area contributed by atoms with Gasteiger partial charge in [-0.05, 0) is 30.3 Å². The van der Waals surface area contributed by atoms with Crippen LogP contribution in [0.1, 0.15) is 0 Å². The molecule has 3 aromatic rings. The largest absolute Gasteiger partial charge is 0.506 e. The maximum absolute atomic E-state index is 12.2. The van der Waals surface area contributed by atoms with E-state index in [1.165, 1.54) is 16.7 Å². The van der Waals surface area contributed by atoms with Crippen molar-refractivity contribution >= 4 is 34.4 Å². The molecule has 0 aliphatic rings. The number of imidazole rings is 1. The van der Waals surface area contributed by atoms with Crippen molar-refractivity contribution in [3.63, 3.8) is 0 Å². The average Bonchev–Trinajstić information content (AvgIpc) is 2.66. The van der Waals surface area contributed by atoms with E-state index in [9.17, 15) is 9.90 Å². The highest BCUT2D eigenvalue weighted by Crippen LogP contribution is 2.27. The summed E-state index contributed by atoms with van der Waals surface area (Å²) in [5, 5.41) is 10.3. The molecule has 96 valence electrons. The van der Waals surface area contributed by atoms with Gasteiger partial charge in [0.05, 0.1) is 16.7 Å². The molecule has 0 radical (unpaired) electrons. The quantitative estimate of drug-likeness (QED) is 0.749. The number of nitrogens with zero attached hydrogens (tertiary/aromatic N) is 2. The third-order valence-electron chi connectivity index (χ3n) is 2.87. The Morgan fingerprint density at radius 1 is 1.05 bits per heavy atom. The second-order valence-corrected chi connectivity index (χ2v) is 4.80. The molecule has 2 aromatic carbocycles. The summed E-state index contributed by atoms with van der Waals surface area (Å²) in [6, 6.07) is 11.5. The first-order valence-corrected chi connectivity index (χ1v) is 6.19. The Bertz CT molecular complexity index is 836. The Balaban J connectivity index is 2.46. The number of hydrogen-bond donors (Lipinski definition) is 1. The van der Waals surface area contributed by atoms with Crippen LogP contribution in [0.4, 0.5) is 0 Å². The van der Waals surface area contributed by atoms with E-state index in [2.05, 4.69) is 0 Å². The zero-order valence-corrected chi connectivity index (χ0v) is 11.1. The van der Waals surface area contributed by atoms with Gasteiger partial charge >= 0.3 is 5.69 Å². The number of phenols is 1. The maximum Gasteiger partial charge on any atom is 0.348 e. The molecule has 0 amide bonds. The van der Waals surface area contributed by atoms with Crippen molar-refractivity contribution in [1.29, 1.82) is 0 Å². The van der Waals surface area contributed by atoms with Gasteiger partial charge in [0.25, 0.3) is 0 Å². The zero-order valence-electron chi connectivity index (χ0n) is 9.55. The van der Waals surface area contributed by atoms with Crippen LogP contribution in [0.2, 0.25) is 5.02 Å². The van der Waals surface area contributed by atoms with Crippen LogP contribution in [-0.2, 0) is 0 Å². The normalized spacial score (nSPS) is 11.1. The number of benzene rings is 2. The summed E-state index contributed by atoms with van der Waals surface area (Å²) < 4.78 is 2.33. The second kappa shape index (κ2) is 4.33. The van der Waals surface area contributed by atoms with Crippen molar-refractivity contribution < 1.29 is 5.11 Å². The molecule has 19 heavy (non-hydrogen) atoms. The second-order valence-electron chi connectivity index (χ2n) is 4.02. The topological polar surface area (TPSA) is 47.2 Å². The molecular weight excluding hydrogens is 287 g/mol. The number of halogens is 2. The third-order valence-corrected chi connectivity index (χ3v) is 3.43. The summed E-state index contributed by atoms with van der Waals surface area (Å²) in [4.78, 5) is 12.2. The molecule has 0 fully saturated rings. The molecule has 6 heteroatoms. The van der Waals surface area contributed by atoms with Gasteiger partial charge in [-0.1, -0.05) is 23.7 Å². The van der Waals surface area contributed by atoms with E-state index in [0.717, 1.165) is 4.09 Å². The molecule has 1 N–H and O–H groups in total. The van der Waals surface area contributed by atoms with Gasteiger partial charge in [0, 0.05) is 16.8 Å². The van der Waals surface area contributed by atoms with Gasteiger partial charge in [-0.3, -0.25) is 4.57 Å². The predicted octanol–water partition coefficient (Wildman–Crippen LogP) is 3.15. The van der Waals surface area contributed by atoms with Crippen LogP contribution in [0.5, 0.6) is 5.75 Å². The number of phenolic OH excluding ortho intramolecular Hbond substituents is 1. The van der Waals surface area contributed by atoms with Gasteiger partial charge in [0.1, 0.15) is 5.75 Å². The molecule has 0 saturated heterocycles. The zero-order chi connectivity index (χ0) is 13.6. The van der Waals surface area contributed by atoms with E-state index in [4.69, 9.17) is 23.4 Å². The average molecular weight is 295 g/mol. The standard InChI is InChI=1S/C13H8Cl2N2O2/c14-8-5-6-12(18)11(7-8)16-9-3-1-2-4-10(9)17(15)13(16)19/h1-7,18H. The number of hydrogen-bond acceptors (Lipinski definition) is 2. The van der Waals surface area contributed by atoms with Gasteiger partial charge in [-0.25, -0.2) is 8.88 Å². The van der Waals surface area contributed by atoms with Crippen LogP contribution in [0.3, 0.4) is 0 Å². The molecule has 1 aromatic heterocycles. The molecule has 0 saturated carbocycles. The minimum Gasteiger partial charge on any atom is -0.506 e. The van der Waals surface area contributed by atoms with E-state index >= 15 is 0 Å². The Morgan fingerprint density at radius 2 is 1.74 bits per heavy atom. The lowest BCUT2D eigenvalue weighted by molar-refractivity contribution is 0.472. The highest BCUT2D eigenvalue weighted by Gasteiger charge is 2.15. The van der Waals surface area contributed by atoms with E-state index in [-0.39, 0.29) is 5.75 Å². The Hall–Kier alpha value is -1.91. The van der Waals surface area contributed by atoms with Gasteiger partial charge in [-0.15, -0.1) is 0 Å². The number of fused-ring (bicyclic) bond motifs is 1. The van der Waals surface area contributed by atoms with Crippen molar-refractivity contribution in [2.24, 2.45) is 0 Å². The lowest BCUT2D eigenvalue weighted by Gasteiger charge is -2.06. The Kier molecular flexibility index (Phi) is 2.77. The Morgan fingerprint density at radius 3 is 2.47 bits per heavy atom. The van der Waals surface area contributed by atoms with Gasteiger partial charge in [0.2, 0.25) is 0 Å². The number of rotatable bonds is 1. The first-order valence-electron chi connectivity index (χ1n) is 5.47. The van der Waals surface area contributed by atoms with Crippen LogP contribution in [-0.4, -0.2) is 13.8 Å². The molecule has 4 nitrogen and oxygen atoms in total. The molecule has 0 aliphatic heterocycles. The molecule has 0 aliphatic carbocycles. The SMILES string of the molecule is O=c1n(Cl)c2ccccc2n1-c1cc(Cl)ccc1O. The minimum absolute atomic E-state index is 0.0421. The fourth-order valence-corrected chi connectivity index (χ4v) is 2.41. The van der Waals surface area contributed by atoms with Crippen molar-refractivity contribution in [2.75, 3.05) is 0 Å². The molecule has 0 atom stereocenters. The van der Waals surface area contributed by atoms with Crippen LogP contribution in [0.25, 0.3) is 16.7 Å². The first-order chi connectivity index (χ1) is 9.09. The monoisotopic (exact) mass is 294 g/mol. The van der Waals surface area contributed by atoms with Crippen LogP contribution in [0, 0.1) is 0 Å². The molecule has 0 bridgehead atoms. The minimum atomic E-state index is -0.458. The van der Waals surface area contributed by atoms with E-state index < -0.39 is 5.69 Å². The van der Waals surface area contributed by atoms with Gasteiger partial charge in [-0.2, -0.15) is 0 Å². The number of para-hydroxylation sites is 2. The summed E-state index contributed by atoms with van der Waals surface area (Å²) in [5.41, 5.74) is 1.00. The number of aromatic hydroxyl groups is 1. The van der Waals surface area contributed by atoms with E-state index in [0.29, 0.717) is 21.7 Å². The highest BCUT2D eigenvalue weighted by atomic mass is 35.5. The summed E-state index contributed by atoms with van der Waals surface area (Å²) in [6.07, 6.45) is 0. The van der Waals surface area contributed by atoms with E-state index in [1.807, 2.05) is 0 Å². The smallest absolute Gasteiger partial charge is 0.348 e. The van der Waals surface area contributed by atoms with Crippen LogP contribution in [0.15, 0.2) is 47.3 Å². The molecule has 0 spiro atoms. The van der Waals surface area contributed by atoms with Crippen molar-refractivity contribution in [1.82, 2.24) is 8.65 Å². The number of aromatic nitrogens is 2. The summed E-state index contributed by atoms with van der Waals surface area (Å²) in [6.45, 7) is 0. The maximum atomic E-state index is 12.2.